The van der Waals surface area contributed by atoms with E-state index >= 15 is 0 Å². The molecule has 0 spiro atoms. The van der Waals surface area contributed by atoms with Crippen molar-refractivity contribution < 1.29 is 14.3 Å². The molecule has 0 saturated heterocycles. The van der Waals surface area contributed by atoms with E-state index in [1.807, 2.05) is 0 Å². The third-order valence-corrected chi connectivity index (χ3v) is 2.51. The molecule has 0 aromatic carbocycles. The highest BCUT2D eigenvalue weighted by Gasteiger charge is 2.16. The largest absolute Gasteiger partial charge is 0.444 e. The molecule has 122 valence electrons. The van der Waals surface area contributed by atoms with Crippen molar-refractivity contribution in [3.05, 3.63) is 31.0 Å². The van der Waals surface area contributed by atoms with Crippen LogP contribution in [-0.2, 0) is 9.53 Å². The van der Waals surface area contributed by atoms with Crippen molar-refractivity contribution in [2.75, 3.05) is 11.9 Å². The fraction of sp³-hybridized carbons (Fsp3) is 0.357. The van der Waals surface area contributed by atoms with Crippen molar-refractivity contribution >= 4 is 17.7 Å². The molecule has 0 fully saturated rings. The van der Waals surface area contributed by atoms with Gasteiger partial charge in [-0.25, -0.2) is 9.78 Å². The van der Waals surface area contributed by atoms with E-state index in [-0.39, 0.29) is 12.5 Å². The topological polar surface area (TPSA) is 111 Å². The molecule has 0 radical (unpaired) electrons. The average Bonchev–Trinajstić information content (AvgIpc) is 2.98. The Hall–Kier alpha value is -2.97. The Morgan fingerprint density at radius 3 is 2.48 bits per heavy atom. The minimum Gasteiger partial charge on any atom is -0.444 e. The zero-order valence-corrected chi connectivity index (χ0v) is 13.1. The Bertz CT molecular complexity index is 661. The van der Waals surface area contributed by atoms with Crippen molar-refractivity contribution in [1.29, 1.82) is 0 Å². The molecular weight excluding hydrogens is 300 g/mol. The number of pyridine rings is 1. The molecule has 23 heavy (non-hydrogen) atoms. The van der Waals surface area contributed by atoms with Crippen molar-refractivity contribution in [3.63, 3.8) is 0 Å². The van der Waals surface area contributed by atoms with Gasteiger partial charge in [0.25, 0.3) is 0 Å². The Labute approximate surface area is 133 Å². The average molecular weight is 318 g/mol. The molecule has 2 N–H and O–H groups in total. The zero-order chi connectivity index (χ0) is 16.9. The maximum atomic E-state index is 11.8. The van der Waals surface area contributed by atoms with Crippen molar-refractivity contribution in [1.82, 2.24) is 25.1 Å². The summed E-state index contributed by atoms with van der Waals surface area (Å²) in [4.78, 5) is 27.4. The van der Waals surface area contributed by atoms with Crippen LogP contribution in [0.3, 0.4) is 0 Å². The SMILES string of the molecule is CC(C)(C)OC(=O)NCC(=O)Nc1ccc(-n2cnnc2)nc1. The number of nitrogens with zero attached hydrogens (tertiary/aromatic N) is 4. The quantitative estimate of drug-likeness (QED) is 0.874. The van der Waals surface area contributed by atoms with Crippen LogP contribution in [-0.4, -0.2) is 43.9 Å². The molecule has 0 unspecified atom stereocenters. The summed E-state index contributed by atoms with van der Waals surface area (Å²) in [5, 5.41) is 12.4. The highest BCUT2D eigenvalue weighted by Crippen LogP contribution is 2.09. The molecule has 0 aliphatic carbocycles. The van der Waals surface area contributed by atoms with Crippen LogP contribution in [0.1, 0.15) is 20.8 Å². The summed E-state index contributed by atoms with van der Waals surface area (Å²) in [5.74, 6) is 0.245. The van der Waals surface area contributed by atoms with Gasteiger partial charge >= 0.3 is 6.09 Å². The molecular formula is C14H18N6O3. The van der Waals surface area contributed by atoms with Gasteiger partial charge in [-0.2, -0.15) is 0 Å². The molecule has 9 heteroatoms. The molecule has 0 bridgehead atoms. The van der Waals surface area contributed by atoms with Crippen LogP contribution in [0.4, 0.5) is 10.5 Å². The molecule has 0 aliphatic rings. The lowest BCUT2D eigenvalue weighted by Crippen LogP contribution is -2.37. The van der Waals surface area contributed by atoms with Crippen molar-refractivity contribution in [2.24, 2.45) is 0 Å². The lowest BCUT2D eigenvalue weighted by atomic mass is 10.2. The standard InChI is InChI=1S/C14H18N6O3/c1-14(2,3)23-13(22)16-7-12(21)19-10-4-5-11(15-6-10)20-8-17-18-9-20/h4-6,8-9H,7H2,1-3H3,(H,16,22)(H,19,21). The van der Waals surface area contributed by atoms with Crippen molar-refractivity contribution in [3.8, 4) is 5.82 Å². The van der Waals surface area contributed by atoms with Crippen LogP contribution in [0.5, 0.6) is 0 Å². The highest BCUT2D eigenvalue weighted by atomic mass is 16.6. The van der Waals surface area contributed by atoms with Gasteiger partial charge in [-0.1, -0.05) is 0 Å². The molecule has 2 rings (SSSR count). The minimum atomic E-state index is -0.645. The second kappa shape index (κ2) is 6.86. The minimum absolute atomic E-state index is 0.192. The first kappa shape index (κ1) is 16.4. The summed E-state index contributed by atoms with van der Waals surface area (Å²) >= 11 is 0. The maximum absolute atomic E-state index is 11.8. The van der Waals surface area contributed by atoms with E-state index in [1.165, 1.54) is 18.9 Å². The number of alkyl carbamates (subject to hydrolysis) is 1. The Kier molecular flexibility index (Phi) is 4.89. The van der Waals surface area contributed by atoms with E-state index in [4.69, 9.17) is 4.74 Å². The predicted octanol–water partition coefficient (Wildman–Crippen LogP) is 1.13. The second-order valence-corrected chi connectivity index (χ2v) is 5.68. The first-order chi connectivity index (χ1) is 10.8. The fourth-order valence-corrected chi connectivity index (χ4v) is 1.60. The highest BCUT2D eigenvalue weighted by molar-refractivity contribution is 5.93. The number of rotatable bonds is 4. The van der Waals surface area contributed by atoms with Crippen LogP contribution >= 0.6 is 0 Å². The number of hydrogen-bond donors (Lipinski definition) is 2. The van der Waals surface area contributed by atoms with Crippen LogP contribution in [0.2, 0.25) is 0 Å². The lowest BCUT2D eigenvalue weighted by Gasteiger charge is -2.19. The van der Waals surface area contributed by atoms with Gasteiger partial charge in [-0.05, 0) is 32.9 Å². The predicted molar refractivity (Wildman–Crippen MR) is 82.0 cm³/mol. The second-order valence-electron chi connectivity index (χ2n) is 5.68. The first-order valence-electron chi connectivity index (χ1n) is 6.91. The summed E-state index contributed by atoms with van der Waals surface area (Å²) in [6, 6.07) is 3.40. The van der Waals surface area contributed by atoms with Gasteiger partial charge in [0, 0.05) is 0 Å². The number of nitrogens with one attached hydrogen (secondary N) is 2. The molecule has 0 atom stereocenters. The van der Waals surface area contributed by atoms with E-state index in [0.717, 1.165) is 0 Å². The summed E-state index contributed by atoms with van der Waals surface area (Å²) in [7, 11) is 0. The summed E-state index contributed by atoms with van der Waals surface area (Å²) < 4.78 is 6.67. The molecule has 0 aliphatic heterocycles. The van der Waals surface area contributed by atoms with E-state index < -0.39 is 11.7 Å². The van der Waals surface area contributed by atoms with Gasteiger partial charge in [0.2, 0.25) is 5.91 Å². The fourth-order valence-electron chi connectivity index (χ4n) is 1.60. The first-order valence-corrected chi connectivity index (χ1v) is 6.91. The van der Waals surface area contributed by atoms with Gasteiger partial charge in [0.05, 0.1) is 11.9 Å². The van der Waals surface area contributed by atoms with E-state index in [2.05, 4.69) is 25.8 Å². The Morgan fingerprint density at radius 1 is 1.22 bits per heavy atom. The maximum Gasteiger partial charge on any atom is 0.408 e. The number of ether oxygens (including phenoxy) is 1. The smallest absolute Gasteiger partial charge is 0.408 e. The number of carbonyl (C=O) groups excluding carboxylic acids is 2. The Balaban J connectivity index is 1.82. The number of aromatic nitrogens is 4. The van der Waals surface area contributed by atoms with Crippen molar-refractivity contribution in [2.45, 2.75) is 26.4 Å². The van der Waals surface area contributed by atoms with Gasteiger partial charge in [0.1, 0.15) is 30.6 Å². The summed E-state index contributed by atoms with van der Waals surface area (Å²) in [6.45, 7) is 5.04. The molecule has 9 nitrogen and oxygen atoms in total. The van der Waals surface area contributed by atoms with Gasteiger partial charge in [-0.3, -0.25) is 9.36 Å². The molecule has 2 amide bonds. The third-order valence-electron chi connectivity index (χ3n) is 2.51. The van der Waals surface area contributed by atoms with E-state index in [9.17, 15) is 9.59 Å². The normalized spacial score (nSPS) is 10.9. The van der Waals surface area contributed by atoms with Crippen LogP contribution in [0, 0.1) is 0 Å². The number of carbonyl (C=O) groups is 2. The van der Waals surface area contributed by atoms with E-state index in [0.29, 0.717) is 11.5 Å². The Morgan fingerprint density at radius 2 is 1.91 bits per heavy atom. The number of amides is 2. The molecule has 2 aromatic rings. The third kappa shape index (κ3) is 5.38. The zero-order valence-electron chi connectivity index (χ0n) is 13.1. The van der Waals surface area contributed by atoms with Gasteiger partial charge < -0.3 is 15.4 Å². The van der Waals surface area contributed by atoms with E-state index in [1.54, 1.807) is 37.5 Å². The van der Waals surface area contributed by atoms with Crippen LogP contribution in [0.15, 0.2) is 31.0 Å². The monoisotopic (exact) mass is 318 g/mol. The molecule has 2 aromatic heterocycles. The number of anilines is 1. The van der Waals surface area contributed by atoms with Crippen LogP contribution in [0.25, 0.3) is 5.82 Å². The van der Waals surface area contributed by atoms with Crippen LogP contribution < -0.4 is 10.6 Å². The molecule has 2 heterocycles. The lowest BCUT2D eigenvalue weighted by molar-refractivity contribution is -0.115. The van der Waals surface area contributed by atoms with Gasteiger partial charge in [0.15, 0.2) is 0 Å². The molecule has 0 saturated carbocycles. The summed E-state index contributed by atoms with van der Waals surface area (Å²) in [5.41, 5.74) is -0.0968. The summed E-state index contributed by atoms with van der Waals surface area (Å²) in [6.07, 6.45) is 3.89. The number of hydrogen-bond acceptors (Lipinski definition) is 6. The van der Waals surface area contributed by atoms with Gasteiger partial charge in [-0.15, -0.1) is 10.2 Å².